The molecule has 4 aliphatic rings. The lowest BCUT2D eigenvalue weighted by atomic mass is 9.70. The van der Waals surface area contributed by atoms with Crippen molar-refractivity contribution >= 4 is 63.0 Å². The molecule has 0 N–H and O–H groups in total. The van der Waals surface area contributed by atoms with Gasteiger partial charge in [-0.25, -0.2) is 0 Å². The van der Waals surface area contributed by atoms with Crippen LogP contribution in [0.15, 0.2) is 291 Å². The van der Waals surface area contributed by atoms with Crippen molar-refractivity contribution in [1.29, 1.82) is 0 Å². The number of nitrogens with zero attached hydrogens (tertiary/aromatic N) is 2. The third-order valence-corrected chi connectivity index (χ3v) is 22.5. The largest absolute Gasteiger partial charge is 0.255 e. The van der Waals surface area contributed by atoms with Crippen LogP contribution < -0.4 is 0 Å². The summed E-state index contributed by atoms with van der Waals surface area (Å²) < 4.78 is 5.28. The Hall–Kier alpha value is -10.6. The van der Waals surface area contributed by atoms with Gasteiger partial charge in [0, 0.05) is 52.7 Å². The maximum Gasteiger partial charge on any atom is 0.0892 e. The third kappa shape index (κ3) is 6.39. The van der Waals surface area contributed by atoms with Crippen LogP contribution in [0.25, 0.3) is 141 Å². The number of fused-ring (bicyclic) bond motifs is 26. The highest BCUT2D eigenvalue weighted by molar-refractivity contribution is 7.26. The summed E-state index contributed by atoms with van der Waals surface area (Å²) in [5, 5.41) is 5.25. The summed E-state index contributed by atoms with van der Waals surface area (Å²) in [6, 6.07) is 105. The summed E-state index contributed by atoms with van der Waals surface area (Å²) in [5.74, 6) is 0. The van der Waals surface area contributed by atoms with E-state index in [0.717, 1.165) is 33.6 Å². The van der Waals surface area contributed by atoms with Crippen molar-refractivity contribution in [1.82, 2.24) is 9.97 Å². The minimum Gasteiger partial charge on any atom is -0.255 e. The summed E-state index contributed by atoms with van der Waals surface area (Å²) in [6.07, 6.45) is 3.91. The van der Waals surface area contributed by atoms with E-state index in [-0.39, 0.29) is 0 Å². The second-order valence-corrected chi connectivity index (χ2v) is 26.2. The van der Waals surface area contributed by atoms with E-state index in [1.807, 2.05) is 35.1 Å². The molecule has 4 heteroatoms. The molecule has 0 radical (unpaired) electrons. The molecule has 0 saturated heterocycles. The first-order valence-corrected chi connectivity index (χ1v) is 32.0. The zero-order valence-corrected chi connectivity index (χ0v) is 49.1. The molecule has 2 nitrogen and oxygen atoms in total. The zero-order chi connectivity index (χ0) is 57.4. The van der Waals surface area contributed by atoms with Gasteiger partial charge in [-0.2, -0.15) is 0 Å². The Morgan fingerprint density at radius 1 is 0.216 bits per heavy atom. The van der Waals surface area contributed by atoms with Gasteiger partial charge in [-0.05, 0) is 194 Å². The first kappa shape index (κ1) is 48.6. The van der Waals surface area contributed by atoms with Gasteiger partial charge in [0.1, 0.15) is 0 Å². The Morgan fingerprint density at radius 3 is 0.909 bits per heavy atom. The van der Waals surface area contributed by atoms with Crippen molar-refractivity contribution in [3.05, 3.63) is 336 Å². The van der Waals surface area contributed by atoms with Crippen LogP contribution in [0.2, 0.25) is 0 Å². The van der Waals surface area contributed by atoms with Gasteiger partial charge in [-0.3, -0.25) is 9.97 Å². The van der Waals surface area contributed by atoms with Crippen LogP contribution in [-0.2, 0) is 10.8 Å². The van der Waals surface area contributed by atoms with Crippen LogP contribution in [0.3, 0.4) is 0 Å². The smallest absolute Gasteiger partial charge is 0.0892 e. The molecule has 16 aromatic rings. The van der Waals surface area contributed by atoms with Crippen LogP contribution in [0, 0.1) is 0 Å². The van der Waals surface area contributed by atoms with Crippen molar-refractivity contribution in [2.24, 2.45) is 0 Å². The second kappa shape index (κ2) is 18.0. The van der Waals surface area contributed by atoms with Gasteiger partial charge in [0.15, 0.2) is 0 Å². The molecule has 4 aromatic heterocycles. The Labute approximate surface area is 516 Å². The van der Waals surface area contributed by atoms with Gasteiger partial charge < -0.3 is 0 Å². The molecule has 0 aliphatic heterocycles. The quantitative estimate of drug-likeness (QED) is 0.172. The summed E-state index contributed by atoms with van der Waals surface area (Å²) in [7, 11) is 0. The third-order valence-electron chi connectivity index (χ3n) is 20.1. The van der Waals surface area contributed by atoms with Gasteiger partial charge in [-0.15, -0.1) is 22.7 Å². The highest BCUT2D eigenvalue weighted by Crippen LogP contribution is 2.65. The molecule has 0 atom stereocenters. The topological polar surface area (TPSA) is 25.8 Å². The molecule has 0 saturated carbocycles. The number of pyridine rings is 2. The molecule has 0 fully saturated rings. The van der Waals surface area contributed by atoms with Crippen molar-refractivity contribution in [2.75, 3.05) is 0 Å². The molecule has 12 aromatic carbocycles. The van der Waals surface area contributed by atoms with Crippen molar-refractivity contribution in [2.45, 2.75) is 10.8 Å². The number of aromatic nitrogens is 2. The SMILES string of the molecule is c1ccc2c(c1)-c1ccccc1C21c2ccc(-c3ccnc(-c4cc(-c5ccc6c(c5)-c5cc(-c7cccc8c7sc7ccccc78)ccc5C65c6ccccc6-c6ccccc65)ccn4)c3)cc2-c2cc(-c3cccc4c3sc3ccccc34)ccc21. The van der Waals surface area contributed by atoms with E-state index in [1.165, 1.54) is 152 Å². The number of hydrogen-bond donors (Lipinski definition) is 0. The monoisotopic (exact) mass is 1150 g/mol. The Bertz CT molecular complexity index is 5290. The Balaban J connectivity index is 0.718. The predicted molar refractivity (Wildman–Crippen MR) is 368 cm³/mol. The lowest BCUT2D eigenvalue weighted by Gasteiger charge is -2.30. The Morgan fingerprint density at radius 2 is 0.511 bits per heavy atom. The van der Waals surface area contributed by atoms with Gasteiger partial charge in [-0.1, -0.05) is 218 Å². The van der Waals surface area contributed by atoms with Crippen LogP contribution in [-0.4, -0.2) is 9.97 Å². The number of hydrogen-bond acceptors (Lipinski definition) is 4. The van der Waals surface area contributed by atoms with E-state index in [4.69, 9.17) is 9.97 Å². The maximum absolute atomic E-state index is 5.06. The molecule has 0 amide bonds. The molecular weight excluding hydrogens is 1100 g/mol. The van der Waals surface area contributed by atoms with Crippen molar-refractivity contribution in [3.8, 4) is 100 Å². The van der Waals surface area contributed by atoms with Crippen molar-refractivity contribution in [3.63, 3.8) is 0 Å². The second-order valence-electron chi connectivity index (χ2n) is 24.1. The summed E-state index contributed by atoms with van der Waals surface area (Å²) >= 11 is 3.78. The molecule has 20 rings (SSSR count). The average Bonchev–Trinajstić information content (AvgIpc) is 1.54. The van der Waals surface area contributed by atoms with E-state index in [0.29, 0.717) is 0 Å². The van der Waals surface area contributed by atoms with Crippen LogP contribution >= 0.6 is 22.7 Å². The van der Waals surface area contributed by atoms with E-state index < -0.39 is 10.8 Å². The van der Waals surface area contributed by atoms with Crippen LogP contribution in [0.5, 0.6) is 0 Å². The molecule has 0 bridgehead atoms. The first-order chi connectivity index (χ1) is 43.6. The van der Waals surface area contributed by atoms with E-state index in [9.17, 15) is 0 Å². The minimum absolute atomic E-state index is 0.463. The van der Waals surface area contributed by atoms with Crippen LogP contribution in [0.1, 0.15) is 44.5 Å². The highest BCUT2D eigenvalue weighted by Gasteiger charge is 2.53. The minimum atomic E-state index is -0.463. The van der Waals surface area contributed by atoms with Gasteiger partial charge >= 0.3 is 0 Å². The molecule has 4 heterocycles. The normalized spacial score (nSPS) is 13.9. The lowest BCUT2D eigenvalue weighted by Crippen LogP contribution is -2.25. The maximum atomic E-state index is 5.06. The van der Waals surface area contributed by atoms with Gasteiger partial charge in [0.2, 0.25) is 0 Å². The van der Waals surface area contributed by atoms with E-state index in [1.54, 1.807) is 0 Å². The fraction of sp³-hybridized carbons (Fsp3) is 0.0238. The predicted octanol–water partition coefficient (Wildman–Crippen LogP) is 22.2. The number of rotatable bonds is 5. The Kier molecular flexibility index (Phi) is 9.93. The number of benzene rings is 12. The van der Waals surface area contributed by atoms with Gasteiger partial charge in [0.25, 0.3) is 0 Å². The molecule has 4 aliphatic carbocycles. The fourth-order valence-electron chi connectivity index (χ4n) is 16.4. The molecule has 0 unspecified atom stereocenters. The highest BCUT2D eigenvalue weighted by atomic mass is 32.1. The fourth-order valence-corrected chi connectivity index (χ4v) is 18.9. The molecule has 88 heavy (non-hydrogen) atoms. The summed E-state index contributed by atoms with van der Waals surface area (Å²) in [6.45, 7) is 0. The molecule has 2 spiro atoms. The van der Waals surface area contributed by atoms with Crippen LogP contribution in [0.4, 0.5) is 0 Å². The molecular formula is C84H48N2S2. The number of thiophene rings is 2. The van der Waals surface area contributed by atoms with E-state index >= 15 is 0 Å². The zero-order valence-electron chi connectivity index (χ0n) is 47.4. The standard InChI is InChI=1S/C84H48N2S2/c1-7-25-69-57(15-1)58-16-2-8-26-70(58)83(69)73-35-31-49(43-65(73)67-45-53(33-37-75(67)83)55-21-13-23-63-61-19-5-11-29-79(61)87-81(55)63)51-39-41-85-77(47-51)78-48-52(40-42-86-78)50-32-36-74-66(44-50)68-46-54(56-22-14-24-64-62-20-6-12-30-80(62)88-82(56)64)34-38-76(68)84(74)71-27-9-3-17-59(71)60-18-4-10-28-72(60)84/h1-48H. The van der Waals surface area contributed by atoms with Gasteiger partial charge in [0.05, 0.1) is 22.2 Å². The first-order valence-electron chi connectivity index (χ1n) is 30.3. The summed E-state index contributed by atoms with van der Waals surface area (Å²) in [4.78, 5) is 10.1. The lowest BCUT2D eigenvalue weighted by molar-refractivity contribution is 0.794. The molecule has 406 valence electrons. The summed E-state index contributed by atoms with van der Waals surface area (Å²) in [5.41, 5.74) is 31.2. The average molecular weight is 1150 g/mol. The van der Waals surface area contributed by atoms with Crippen molar-refractivity contribution < 1.29 is 0 Å². The van der Waals surface area contributed by atoms with E-state index in [2.05, 4.69) is 279 Å².